The summed E-state index contributed by atoms with van der Waals surface area (Å²) in [5.74, 6) is 0. The molecule has 1 N–H and O–H groups in total. The number of aliphatic hydroxyl groups excluding tert-OH is 1. The van der Waals surface area contributed by atoms with Gasteiger partial charge in [-0.15, -0.1) is 0 Å². The first kappa shape index (κ1) is 13.0. The van der Waals surface area contributed by atoms with Crippen molar-refractivity contribution >= 4 is 0 Å². The van der Waals surface area contributed by atoms with E-state index in [0.717, 1.165) is 5.56 Å². The molecule has 0 aromatic heterocycles. The van der Waals surface area contributed by atoms with Gasteiger partial charge in [-0.1, -0.05) is 30.3 Å². The molecule has 2 heterocycles. The Morgan fingerprint density at radius 3 is 2.68 bits per heavy atom. The smallest absolute Gasteiger partial charge is 0.184 e. The minimum absolute atomic E-state index is 0.166. The summed E-state index contributed by atoms with van der Waals surface area (Å²) in [5.41, 5.74) is 0.976. The van der Waals surface area contributed by atoms with Crippen molar-refractivity contribution in [1.29, 1.82) is 0 Å². The number of benzene rings is 1. The van der Waals surface area contributed by atoms with E-state index in [9.17, 15) is 5.11 Å². The van der Waals surface area contributed by atoms with Crippen molar-refractivity contribution in [2.45, 2.75) is 37.3 Å². The molecule has 1 aromatic rings. The summed E-state index contributed by atoms with van der Waals surface area (Å²) < 4.78 is 22.2. The second-order valence-electron chi connectivity index (χ2n) is 4.83. The maximum atomic E-state index is 9.89. The Morgan fingerprint density at radius 2 is 1.95 bits per heavy atom. The van der Waals surface area contributed by atoms with E-state index in [-0.39, 0.29) is 12.2 Å². The molecule has 0 aliphatic carbocycles. The predicted molar refractivity (Wildman–Crippen MR) is 66.3 cm³/mol. The van der Waals surface area contributed by atoms with Crippen molar-refractivity contribution < 1.29 is 24.1 Å². The Hall–Kier alpha value is -0.980. The lowest BCUT2D eigenvalue weighted by atomic mass is 10.0. The fourth-order valence-electron chi connectivity index (χ4n) is 2.52. The van der Waals surface area contributed by atoms with Crippen LogP contribution < -0.4 is 0 Å². The van der Waals surface area contributed by atoms with Crippen LogP contribution in [0, 0.1) is 0 Å². The summed E-state index contributed by atoms with van der Waals surface area (Å²) in [7, 11) is 1.52. The minimum Gasteiger partial charge on any atom is -0.388 e. The first-order valence-corrected chi connectivity index (χ1v) is 6.46. The van der Waals surface area contributed by atoms with Crippen molar-refractivity contribution in [2.24, 2.45) is 0 Å². The van der Waals surface area contributed by atoms with Gasteiger partial charge in [0.15, 0.2) is 12.6 Å². The van der Waals surface area contributed by atoms with Gasteiger partial charge in [0, 0.05) is 19.1 Å². The van der Waals surface area contributed by atoms with E-state index in [1.807, 2.05) is 30.3 Å². The molecule has 2 fully saturated rings. The number of ether oxygens (including phenoxy) is 4. The number of hydrogen-bond donors (Lipinski definition) is 1. The highest BCUT2D eigenvalue weighted by Gasteiger charge is 2.42. The third kappa shape index (κ3) is 2.66. The maximum absolute atomic E-state index is 9.89. The number of fused-ring (bicyclic) bond motifs is 1. The van der Waals surface area contributed by atoms with Crippen LogP contribution in [0.4, 0.5) is 0 Å². The molecule has 0 bridgehead atoms. The molecule has 0 amide bonds. The summed E-state index contributed by atoms with van der Waals surface area (Å²) >= 11 is 0. The highest BCUT2D eigenvalue weighted by Crippen LogP contribution is 2.33. The largest absolute Gasteiger partial charge is 0.388 e. The van der Waals surface area contributed by atoms with Gasteiger partial charge in [-0.2, -0.15) is 0 Å². The van der Waals surface area contributed by atoms with E-state index in [4.69, 9.17) is 18.9 Å². The Bertz CT molecular complexity index is 410. The normalized spacial score (nSPS) is 38.7. The summed E-state index contributed by atoms with van der Waals surface area (Å²) in [6.07, 6.45) is -1.51. The van der Waals surface area contributed by atoms with Crippen LogP contribution in [0.15, 0.2) is 30.3 Å². The fraction of sp³-hybridized carbons (Fsp3) is 0.571. The molecule has 5 heteroatoms. The summed E-state index contributed by atoms with van der Waals surface area (Å²) in [6, 6.07) is 9.76. The number of methoxy groups -OCH3 is 1. The number of rotatable bonds is 2. The lowest BCUT2D eigenvalue weighted by Crippen LogP contribution is -2.53. The highest BCUT2D eigenvalue weighted by molar-refractivity contribution is 5.16. The van der Waals surface area contributed by atoms with Gasteiger partial charge in [0.1, 0.15) is 12.2 Å². The van der Waals surface area contributed by atoms with Gasteiger partial charge in [-0.25, -0.2) is 0 Å². The monoisotopic (exact) mass is 266 g/mol. The third-order valence-corrected chi connectivity index (χ3v) is 3.53. The lowest BCUT2D eigenvalue weighted by molar-refractivity contribution is -0.333. The van der Waals surface area contributed by atoms with Gasteiger partial charge >= 0.3 is 0 Å². The first-order chi connectivity index (χ1) is 9.28. The molecule has 0 saturated carbocycles. The molecule has 1 unspecified atom stereocenters. The van der Waals surface area contributed by atoms with Gasteiger partial charge < -0.3 is 24.1 Å². The summed E-state index contributed by atoms with van der Waals surface area (Å²) in [6.45, 7) is 0.441. The van der Waals surface area contributed by atoms with Gasteiger partial charge in [-0.3, -0.25) is 0 Å². The molecule has 2 saturated heterocycles. The number of aliphatic hydroxyl groups is 1. The zero-order valence-corrected chi connectivity index (χ0v) is 10.8. The molecule has 3 rings (SSSR count). The lowest BCUT2D eigenvalue weighted by Gasteiger charge is -2.43. The Morgan fingerprint density at radius 1 is 1.16 bits per heavy atom. The molecule has 19 heavy (non-hydrogen) atoms. The predicted octanol–water partition coefficient (Wildman–Crippen LogP) is 1.22. The molecular weight excluding hydrogens is 248 g/mol. The van der Waals surface area contributed by atoms with Crippen LogP contribution in [0.2, 0.25) is 0 Å². The highest BCUT2D eigenvalue weighted by atomic mass is 16.7. The van der Waals surface area contributed by atoms with E-state index in [1.54, 1.807) is 0 Å². The van der Waals surface area contributed by atoms with Crippen LogP contribution >= 0.6 is 0 Å². The Balaban J connectivity index is 1.68. The average molecular weight is 266 g/mol. The maximum Gasteiger partial charge on any atom is 0.184 e. The van der Waals surface area contributed by atoms with Crippen LogP contribution in [0.3, 0.4) is 0 Å². The minimum atomic E-state index is -0.666. The van der Waals surface area contributed by atoms with Gasteiger partial charge in [0.2, 0.25) is 0 Å². The summed E-state index contributed by atoms with van der Waals surface area (Å²) in [5, 5.41) is 9.89. The summed E-state index contributed by atoms with van der Waals surface area (Å²) in [4.78, 5) is 0. The van der Waals surface area contributed by atoms with Crippen LogP contribution in [0.25, 0.3) is 0 Å². The van der Waals surface area contributed by atoms with Crippen molar-refractivity contribution in [1.82, 2.24) is 0 Å². The number of hydrogen-bond acceptors (Lipinski definition) is 5. The van der Waals surface area contributed by atoms with E-state index in [0.29, 0.717) is 13.0 Å². The molecule has 2 aliphatic rings. The molecule has 2 aliphatic heterocycles. The zero-order valence-electron chi connectivity index (χ0n) is 10.8. The second-order valence-corrected chi connectivity index (χ2v) is 4.83. The molecule has 104 valence electrons. The quantitative estimate of drug-likeness (QED) is 0.872. The van der Waals surface area contributed by atoms with E-state index in [2.05, 4.69) is 0 Å². The van der Waals surface area contributed by atoms with E-state index >= 15 is 0 Å². The first-order valence-electron chi connectivity index (χ1n) is 6.46. The fourth-order valence-corrected chi connectivity index (χ4v) is 2.52. The molecule has 5 atom stereocenters. The van der Waals surface area contributed by atoms with E-state index in [1.165, 1.54) is 7.11 Å². The Labute approximate surface area is 112 Å². The molecule has 0 spiro atoms. The van der Waals surface area contributed by atoms with Crippen LogP contribution in [0.5, 0.6) is 0 Å². The van der Waals surface area contributed by atoms with Gasteiger partial charge in [-0.05, 0) is 0 Å². The van der Waals surface area contributed by atoms with Crippen molar-refractivity contribution in [2.75, 3.05) is 13.7 Å². The van der Waals surface area contributed by atoms with Crippen LogP contribution in [-0.2, 0) is 18.9 Å². The molecule has 1 aromatic carbocycles. The van der Waals surface area contributed by atoms with E-state index < -0.39 is 18.7 Å². The van der Waals surface area contributed by atoms with Crippen molar-refractivity contribution in [3.8, 4) is 0 Å². The molecule has 0 radical (unpaired) electrons. The molecular formula is C14H18O5. The van der Waals surface area contributed by atoms with Crippen molar-refractivity contribution in [3.05, 3.63) is 35.9 Å². The Kier molecular flexibility index (Phi) is 3.81. The van der Waals surface area contributed by atoms with Gasteiger partial charge in [0.25, 0.3) is 0 Å². The van der Waals surface area contributed by atoms with Crippen LogP contribution in [-0.4, -0.2) is 43.4 Å². The van der Waals surface area contributed by atoms with Crippen molar-refractivity contribution in [3.63, 3.8) is 0 Å². The molecule has 5 nitrogen and oxygen atoms in total. The topological polar surface area (TPSA) is 57.2 Å². The second kappa shape index (κ2) is 5.56. The van der Waals surface area contributed by atoms with Crippen LogP contribution in [0.1, 0.15) is 18.3 Å². The third-order valence-electron chi connectivity index (χ3n) is 3.53. The average Bonchev–Trinajstić information content (AvgIpc) is 2.47. The zero-order chi connectivity index (χ0) is 13.2. The standard InChI is InChI=1S/C14H18O5/c1-16-14-10(15)7-11-12(19-14)8-17-13(18-11)9-5-3-2-4-6-9/h2-6,10-15H,7-8H2,1H3/t10-,11+,12-,13?,14+/m1/s1. The van der Waals surface area contributed by atoms with Gasteiger partial charge in [0.05, 0.1) is 12.7 Å². The SMILES string of the molecule is CO[C@H]1O[C@@H]2COC(c3ccccc3)O[C@H]2C[C@H]1O.